The van der Waals surface area contributed by atoms with Crippen molar-refractivity contribution in [1.29, 1.82) is 0 Å². The van der Waals surface area contributed by atoms with Crippen LogP contribution in [0.1, 0.15) is 16.0 Å². The van der Waals surface area contributed by atoms with Crippen LogP contribution in [0.5, 0.6) is 0 Å². The minimum atomic E-state index is -4.34. The van der Waals surface area contributed by atoms with Gasteiger partial charge in [-0.1, -0.05) is 17.7 Å². The Bertz CT molecular complexity index is 605. The van der Waals surface area contributed by atoms with Gasteiger partial charge in [0.05, 0.1) is 5.56 Å². The second kappa shape index (κ2) is 5.95. The molecular weight excluding hydrogens is 375 g/mol. The smallest absolute Gasteiger partial charge is 0.380 e. The van der Waals surface area contributed by atoms with Crippen molar-refractivity contribution in [2.24, 2.45) is 0 Å². The van der Waals surface area contributed by atoms with E-state index >= 15 is 0 Å². The standard InChI is InChI=1S/C13H10BrClF3NS/c1-7-2-3-8(4-10(7)13(16,17)18)19-6-9-5-11(14)12(15)20-9/h2-5,19H,6H2,1H3. The van der Waals surface area contributed by atoms with Crippen LogP contribution >= 0.6 is 38.9 Å². The van der Waals surface area contributed by atoms with Crippen molar-refractivity contribution in [3.63, 3.8) is 0 Å². The largest absolute Gasteiger partial charge is 0.416 e. The lowest BCUT2D eigenvalue weighted by Gasteiger charge is -2.13. The van der Waals surface area contributed by atoms with Crippen LogP contribution in [-0.2, 0) is 12.7 Å². The monoisotopic (exact) mass is 383 g/mol. The van der Waals surface area contributed by atoms with E-state index in [-0.39, 0.29) is 5.56 Å². The Morgan fingerprint density at radius 3 is 2.55 bits per heavy atom. The first-order chi connectivity index (χ1) is 9.27. The number of alkyl halides is 3. The van der Waals surface area contributed by atoms with E-state index in [1.807, 2.05) is 6.07 Å². The summed E-state index contributed by atoms with van der Waals surface area (Å²) in [5.74, 6) is 0. The molecule has 1 N–H and O–H groups in total. The van der Waals surface area contributed by atoms with E-state index in [0.717, 1.165) is 15.4 Å². The predicted molar refractivity (Wildman–Crippen MR) is 80.5 cm³/mol. The number of halogens is 5. The number of hydrogen-bond donors (Lipinski definition) is 1. The molecule has 0 unspecified atom stereocenters. The summed E-state index contributed by atoms with van der Waals surface area (Å²) in [6.45, 7) is 1.87. The molecule has 0 aliphatic rings. The molecule has 0 amide bonds. The summed E-state index contributed by atoms with van der Waals surface area (Å²) in [7, 11) is 0. The summed E-state index contributed by atoms with van der Waals surface area (Å²) >= 11 is 10.6. The van der Waals surface area contributed by atoms with E-state index in [1.54, 1.807) is 6.07 Å². The molecule has 0 aliphatic heterocycles. The topological polar surface area (TPSA) is 12.0 Å². The highest BCUT2D eigenvalue weighted by Crippen LogP contribution is 2.34. The highest BCUT2D eigenvalue weighted by atomic mass is 79.9. The number of nitrogens with one attached hydrogen (secondary N) is 1. The Morgan fingerprint density at radius 2 is 2.00 bits per heavy atom. The molecule has 1 heterocycles. The first-order valence-corrected chi connectivity index (χ1v) is 7.61. The third-order valence-electron chi connectivity index (χ3n) is 2.71. The van der Waals surface area contributed by atoms with Gasteiger partial charge in [0, 0.05) is 21.6 Å². The lowest BCUT2D eigenvalue weighted by molar-refractivity contribution is -0.138. The van der Waals surface area contributed by atoms with E-state index < -0.39 is 11.7 Å². The SMILES string of the molecule is Cc1ccc(NCc2cc(Br)c(Cl)s2)cc1C(F)(F)F. The maximum Gasteiger partial charge on any atom is 0.416 e. The molecule has 0 bridgehead atoms. The van der Waals surface area contributed by atoms with E-state index in [9.17, 15) is 13.2 Å². The summed E-state index contributed by atoms with van der Waals surface area (Å²) in [5, 5.41) is 2.97. The number of thiophene rings is 1. The highest BCUT2D eigenvalue weighted by molar-refractivity contribution is 9.10. The molecule has 2 aromatic rings. The van der Waals surface area contributed by atoms with E-state index in [2.05, 4.69) is 21.2 Å². The summed E-state index contributed by atoms with van der Waals surface area (Å²) in [5.41, 5.74) is 0.0291. The second-order valence-corrected chi connectivity index (χ2v) is 6.81. The maximum absolute atomic E-state index is 12.8. The van der Waals surface area contributed by atoms with Crippen LogP contribution in [0, 0.1) is 6.92 Å². The number of benzene rings is 1. The third kappa shape index (κ3) is 3.68. The minimum absolute atomic E-state index is 0.213. The average molecular weight is 385 g/mol. The van der Waals surface area contributed by atoms with Gasteiger partial charge in [-0.25, -0.2) is 0 Å². The first-order valence-electron chi connectivity index (χ1n) is 5.63. The molecule has 2 rings (SSSR count). The van der Waals surface area contributed by atoms with Gasteiger partial charge in [0.2, 0.25) is 0 Å². The van der Waals surface area contributed by atoms with Crippen molar-refractivity contribution in [1.82, 2.24) is 0 Å². The quantitative estimate of drug-likeness (QED) is 0.674. The van der Waals surface area contributed by atoms with Gasteiger partial charge in [-0.2, -0.15) is 13.2 Å². The number of rotatable bonds is 3. The van der Waals surface area contributed by atoms with E-state index in [4.69, 9.17) is 11.6 Å². The normalized spacial score (nSPS) is 11.7. The van der Waals surface area contributed by atoms with Crippen molar-refractivity contribution in [2.75, 3.05) is 5.32 Å². The molecule has 0 aliphatic carbocycles. The summed E-state index contributed by atoms with van der Waals surface area (Å²) in [4.78, 5) is 0.941. The predicted octanol–water partition coefficient (Wildman–Crippen LogP) is 6.10. The second-order valence-electron chi connectivity index (χ2n) is 4.22. The van der Waals surface area contributed by atoms with E-state index in [1.165, 1.54) is 24.3 Å². The van der Waals surface area contributed by atoms with Crippen molar-refractivity contribution in [2.45, 2.75) is 19.6 Å². The van der Waals surface area contributed by atoms with E-state index in [0.29, 0.717) is 16.6 Å². The molecule has 1 aromatic carbocycles. The van der Waals surface area contributed by atoms with Gasteiger partial charge in [0.25, 0.3) is 0 Å². The van der Waals surface area contributed by atoms with Crippen LogP contribution in [0.15, 0.2) is 28.7 Å². The molecule has 7 heteroatoms. The van der Waals surface area contributed by atoms with Crippen molar-refractivity contribution in [3.05, 3.63) is 49.1 Å². The molecule has 1 nitrogen and oxygen atoms in total. The van der Waals surface area contributed by atoms with Gasteiger partial charge >= 0.3 is 6.18 Å². The Kier molecular flexibility index (Phi) is 4.66. The van der Waals surface area contributed by atoms with Crippen LogP contribution in [0.3, 0.4) is 0 Å². The van der Waals surface area contributed by atoms with Gasteiger partial charge in [-0.3, -0.25) is 0 Å². The van der Waals surface area contributed by atoms with Gasteiger partial charge in [-0.05, 0) is 46.6 Å². The fourth-order valence-electron chi connectivity index (χ4n) is 1.71. The van der Waals surface area contributed by atoms with Crippen LogP contribution in [0.4, 0.5) is 18.9 Å². The zero-order valence-electron chi connectivity index (χ0n) is 10.3. The summed E-state index contributed by atoms with van der Waals surface area (Å²) in [6, 6.07) is 6.07. The molecule has 0 spiro atoms. The fourth-order valence-corrected chi connectivity index (χ4v) is 3.44. The minimum Gasteiger partial charge on any atom is -0.380 e. The molecule has 0 atom stereocenters. The average Bonchev–Trinajstić information content (AvgIpc) is 2.66. The molecule has 108 valence electrons. The number of anilines is 1. The van der Waals surface area contributed by atoms with Gasteiger partial charge < -0.3 is 5.32 Å². The highest BCUT2D eigenvalue weighted by Gasteiger charge is 2.32. The molecular formula is C13H10BrClF3NS. The summed E-state index contributed by atoms with van der Waals surface area (Å²) < 4.78 is 39.8. The maximum atomic E-state index is 12.8. The molecule has 0 saturated carbocycles. The molecule has 0 saturated heterocycles. The van der Waals surface area contributed by atoms with Crippen LogP contribution in [-0.4, -0.2) is 0 Å². The van der Waals surface area contributed by atoms with Crippen molar-refractivity contribution in [3.8, 4) is 0 Å². The molecule has 20 heavy (non-hydrogen) atoms. The zero-order valence-corrected chi connectivity index (χ0v) is 13.5. The lowest BCUT2D eigenvalue weighted by atomic mass is 10.1. The lowest BCUT2D eigenvalue weighted by Crippen LogP contribution is -2.08. The molecule has 0 radical (unpaired) electrons. The first kappa shape index (κ1) is 15.7. The van der Waals surface area contributed by atoms with Crippen LogP contribution < -0.4 is 5.32 Å². The number of aryl methyl sites for hydroxylation is 1. The number of hydrogen-bond acceptors (Lipinski definition) is 2. The van der Waals surface area contributed by atoms with Crippen LogP contribution in [0.25, 0.3) is 0 Å². The van der Waals surface area contributed by atoms with Crippen molar-refractivity contribution >= 4 is 44.6 Å². The van der Waals surface area contributed by atoms with Gasteiger partial charge in [0.15, 0.2) is 0 Å². The Balaban J connectivity index is 2.14. The molecule has 1 aromatic heterocycles. The molecule has 0 fully saturated rings. The fraction of sp³-hybridized carbons (Fsp3) is 0.231. The van der Waals surface area contributed by atoms with Crippen LogP contribution in [0.2, 0.25) is 4.34 Å². The zero-order chi connectivity index (χ0) is 14.9. The Labute approximate surface area is 131 Å². The Hall–Kier alpha value is -0.720. The third-order valence-corrected chi connectivity index (χ3v) is 5.18. The van der Waals surface area contributed by atoms with Gasteiger partial charge in [-0.15, -0.1) is 11.3 Å². The van der Waals surface area contributed by atoms with Gasteiger partial charge in [0.1, 0.15) is 4.34 Å². The van der Waals surface area contributed by atoms with Crippen molar-refractivity contribution < 1.29 is 13.2 Å². The summed E-state index contributed by atoms with van der Waals surface area (Å²) in [6.07, 6.45) is -4.34. The Morgan fingerprint density at radius 1 is 1.30 bits per heavy atom.